The normalized spacial score (nSPS) is 23.1. The van der Waals surface area contributed by atoms with Crippen molar-refractivity contribution in [2.75, 3.05) is 13.1 Å². The molecule has 2 atom stereocenters. The van der Waals surface area contributed by atoms with Crippen LogP contribution in [0.2, 0.25) is 0 Å². The van der Waals surface area contributed by atoms with Crippen molar-refractivity contribution in [2.24, 2.45) is 5.92 Å². The third kappa shape index (κ3) is 3.16. The van der Waals surface area contributed by atoms with Gasteiger partial charge in [0.1, 0.15) is 17.2 Å². The van der Waals surface area contributed by atoms with Crippen molar-refractivity contribution in [1.29, 1.82) is 5.26 Å². The van der Waals surface area contributed by atoms with Gasteiger partial charge in [0, 0.05) is 19.0 Å². The molecule has 1 fully saturated rings. The van der Waals surface area contributed by atoms with Crippen molar-refractivity contribution in [3.8, 4) is 6.07 Å². The maximum atomic E-state index is 13.8. The molecule has 0 spiro atoms. The summed E-state index contributed by atoms with van der Waals surface area (Å²) < 4.78 is 26.7. The molecule has 2 nitrogen and oxygen atoms in total. The molecule has 1 aliphatic heterocycles. The van der Waals surface area contributed by atoms with Crippen LogP contribution >= 0.6 is 0 Å². The van der Waals surface area contributed by atoms with E-state index in [-0.39, 0.29) is 6.42 Å². The van der Waals surface area contributed by atoms with Gasteiger partial charge in [-0.3, -0.25) is 4.90 Å². The molecule has 4 heteroatoms. The molecule has 20 heavy (non-hydrogen) atoms. The Morgan fingerprint density at radius 2 is 2.20 bits per heavy atom. The van der Waals surface area contributed by atoms with Crippen LogP contribution in [0.25, 0.3) is 0 Å². The van der Waals surface area contributed by atoms with Gasteiger partial charge in [-0.2, -0.15) is 5.26 Å². The lowest BCUT2D eigenvalue weighted by Crippen LogP contribution is -2.51. The second kappa shape index (κ2) is 5.88. The number of hydrogen-bond donors (Lipinski definition) is 0. The highest BCUT2D eigenvalue weighted by atomic mass is 19.1. The summed E-state index contributed by atoms with van der Waals surface area (Å²) in [6.45, 7) is 5.72. The zero-order valence-electron chi connectivity index (χ0n) is 12.0. The number of piperidine rings is 1. The lowest BCUT2D eigenvalue weighted by molar-refractivity contribution is 0.0953. The van der Waals surface area contributed by atoms with E-state index < -0.39 is 17.2 Å². The minimum absolute atomic E-state index is 0.280. The summed E-state index contributed by atoms with van der Waals surface area (Å²) in [5.41, 5.74) is -0.346. The monoisotopic (exact) mass is 278 g/mol. The highest BCUT2D eigenvalue weighted by molar-refractivity contribution is 5.24. The number of halogens is 2. The Labute approximate surface area is 119 Å². The molecule has 1 saturated heterocycles. The van der Waals surface area contributed by atoms with Crippen LogP contribution in [0.3, 0.4) is 0 Å². The van der Waals surface area contributed by atoms with E-state index in [1.807, 2.05) is 6.92 Å². The Morgan fingerprint density at radius 3 is 2.80 bits per heavy atom. The molecule has 0 bridgehead atoms. The highest BCUT2D eigenvalue weighted by Gasteiger charge is 2.35. The van der Waals surface area contributed by atoms with Crippen molar-refractivity contribution in [3.05, 3.63) is 35.4 Å². The summed E-state index contributed by atoms with van der Waals surface area (Å²) in [5, 5.41) is 9.54. The molecule has 0 aromatic heterocycles. The van der Waals surface area contributed by atoms with Gasteiger partial charge in [0.15, 0.2) is 0 Å². The first-order valence-electron chi connectivity index (χ1n) is 7.05. The topological polar surface area (TPSA) is 27.0 Å². The minimum atomic E-state index is -0.743. The SMILES string of the molecule is CC1CCCN(C(C)(C#N)Cc2ccc(F)cc2F)C1. The van der Waals surface area contributed by atoms with Crippen molar-refractivity contribution in [3.63, 3.8) is 0 Å². The second-order valence-electron chi connectivity index (χ2n) is 5.99. The summed E-state index contributed by atoms with van der Waals surface area (Å²) in [4.78, 5) is 2.13. The molecule has 2 unspecified atom stereocenters. The van der Waals surface area contributed by atoms with Gasteiger partial charge in [-0.15, -0.1) is 0 Å². The Hall–Kier alpha value is -1.47. The molecule has 1 heterocycles. The van der Waals surface area contributed by atoms with Crippen molar-refractivity contribution in [2.45, 2.75) is 38.6 Å². The van der Waals surface area contributed by atoms with Crippen LogP contribution in [0.1, 0.15) is 32.3 Å². The molecule has 1 aromatic rings. The third-order valence-corrected chi connectivity index (χ3v) is 4.15. The molecule has 0 aliphatic carbocycles. The van der Waals surface area contributed by atoms with E-state index in [1.165, 1.54) is 18.6 Å². The number of nitriles is 1. The predicted octanol–water partition coefficient (Wildman–Crippen LogP) is 3.52. The summed E-state index contributed by atoms with van der Waals surface area (Å²) in [5.74, 6) is -0.609. The smallest absolute Gasteiger partial charge is 0.129 e. The van der Waals surface area contributed by atoms with Crippen LogP contribution in [0, 0.1) is 28.9 Å². The average molecular weight is 278 g/mol. The van der Waals surface area contributed by atoms with Gasteiger partial charge in [0.05, 0.1) is 6.07 Å². The molecule has 0 saturated carbocycles. The van der Waals surface area contributed by atoms with Gasteiger partial charge in [0.2, 0.25) is 0 Å². The zero-order chi connectivity index (χ0) is 14.8. The molecule has 0 amide bonds. The zero-order valence-corrected chi connectivity index (χ0v) is 12.0. The van der Waals surface area contributed by atoms with E-state index in [0.29, 0.717) is 11.5 Å². The lowest BCUT2D eigenvalue weighted by atomic mass is 9.88. The lowest BCUT2D eigenvalue weighted by Gasteiger charge is -2.41. The van der Waals surface area contributed by atoms with Crippen molar-refractivity contribution in [1.82, 2.24) is 4.90 Å². The highest BCUT2D eigenvalue weighted by Crippen LogP contribution is 2.27. The molecule has 1 aliphatic rings. The number of benzene rings is 1. The molecular weight excluding hydrogens is 258 g/mol. The van der Waals surface area contributed by atoms with E-state index in [1.54, 1.807) is 0 Å². The van der Waals surface area contributed by atoms with Crippen LogP contribution in [0.4, 0.5) is 8.78 Å². The third-order valence-electron chi connectivity index (χ3n) is 4.15. The predicted molar refractivity (Wildman–Crippen MR) is 74.1 cm³/mol. The summed E-state index contributed by atoms with van der Waals surface area (Å²) in [6.07, 6.45) is 2.51. The Morgan fingerprint density at radius 1 is 1.45 bits per heavy atom. The molecular formula is C16H20F2N2. The molecule has 0 radical (unpaired) electrons. The van der Waals surface area contributed by atoms with Crippen molar-refractivity contribution < 1.29 is 8.78 Å². The molecule has 2 rings (SSSR count). The summed E-state index contributed by atoms with van der Waals surface area (Å²) in [6, 6.07) is 5.89. The fourth-order valence-corrected chi connectivity index (χ4v) is 2.90. The van der Waals surface area contributed by atoms with Gasteiger partial charge in [-0.1, -0.05) is 13.0 Å². The maximum absolute atomic E-state index is 13.8. The Bertz CT molecular complexity index is 524. The van der Waals surface area contributed by atoms with Gasteiger partial charge in [-0.25, -0.2) is 8.78 Å². The fourth-order valence-electron chi connectivity index (χ4n) is 2.90. The summed E-state index contributed by atoms with van der Waals surface area (Å²) >= 11 is 0. The van der Waals surface area contributed by atoms with Crippen LogP contribution in [0.5, 0.6) is 0 Å². The van der Waals surface area contributed by atoms with E-state index in [2.05, 4.69) is 17.9 Å². The number of likely N-dealkylation sites (tertiary alicyclic amines) is 1. The van der Waals surface area contributed by atoms with E-state index in [0.717, 1.165) is 25.6 Å². The van der Waals surface area contributed by atoms with E-state index in [4.69, 9.17) is 0 Å². The van der Waals surface area contributed by atoms with Gasteiger partial charge in [0.25, 0.3) is 0 Å². The molecule has 108 valence electrons. The Balaban J connectivity index is 2.20. The maximum Gasteiger partial charge on any atom is 0.129 e. The van der Waals surface area contributed by atoms with Gasteiger partial charge >= 0.3 is 0 Å². The van der Waals surface area contributed by atoms with Crippen LogP contribution in [0.15, 0.2) is 18.2 Å². The number of hydrogen-bond acceptors (Lipinski definition) is 2. The number of nitrogens with zero attached hydrogens (tertiary/aromatic N) is 2. The Kier molecular flexibility index (Phi) is 4.39. The van der Waals surface area contributed by atoms with Crippen LogP contribution in [-0.2, 0) is 6.42 Å². The van der Waals surface area contributed by atoms with Gasteiger partial charge in [-0.05, 0) is 43.9 Å². The van der Waals surface area contributed by atoms with Crippen LogP contribution in [-0.4, -0.2) is 23.5 Å². The molecule has 0 N–H and O–H groups in total. The fraction of sp³-hybridized carbons (Fsp3) is 0.562. The van der Waals surface area contributed by atoms with E-state index in [9.17, 15) is 14.0 Å². The quantitative estimate of drug-likeness (QED) is 0.846. The van der Waals surface area contributed by atoms with Crippen LogP contribution < -0.4 is 0 Å². The second-order valence-corrected chi connectivity index (χ2v) is 5.99. The number of rotatable bonds is 3. The average Bonchev–Trinajstić information content (AvgIpc) is 2.42. The largest absolute Gasteiger partial charge is 0.285 e. The summed E-state index contributed by atoms with van der Waals surface area (Å²) in [7, 11) is 0. The molecule has 1 aromatic carbocycles. The first-order valence-corrected chi connectivity index (χ1v) is 7.05. The first-order chi connectivity index (χ1) is 9.44. The van der Waals surface area contributed by atoms with Gasteiger partial charge < -0.3 is 0 Å². The first kappa shape index (κ1) is 14.9. The standard InChI is InChI=1S/C16H20F2N2/c1-12-4-3-7-20(10-12)16(2,11-19)9-13-5-6-14(17)8-15(13)18/h5-6,8,12H,3-4,7,9-10H2,1-2H3. The van der Waals surface area contributed by atoms with Crippen molar-refractivity contribution >= 4 is 0 Å². The van der Waals surface area contributed by atoms with E-state index >= 15 is 0 Å². The minimum Gasteiger partial charge on any atom is -0.285 e.